The normalized spacial score (nSPS) is 16.6. The van der Waals surface area contributed by atoms with Gasteiger partial charge in [-0.1, -0.05) is 46.5 Å². The highest BCUT2D eigenvalue weighted by atomic mass is 35.5. The number of hydrogen-bond donors (Lipinski definition) is 0. The molecule has 1 aromatic carbocycles. The van der Waals surface area contributed by atoms with Crippen molar-refractivity contribution in [3.63, 3.8) is 0 Å². The lowest BCUT2D eigenvalue weighted by molar-refractivity contribution is 0.128. The van der Waals surface area contributed by atoms with Crippen molar-refractivity contribution in [2.75, 3.05) is 13.6 Å². The Kier molecular flexibility index (Phi) is 5.72. The number of piperidine rings is 1. The number of fused-ring (bicyclic) bond motifs is 1. The Hall–Kier alpha value is -2.74. The van der Waals surface area contributed by atoms with Crippen LogP contribution in [-0.2, 0) is 0 Å². The second-order valence-electron chi connectivity index (χ2n) is 8.13. The van der Waals surface area contributed by atoms with Crippen molar-refractivity contribution < 1.29 is 9.26 Å². The first-order chi connectivity index (χ1) is 15.8. The van der Waals surface area contributed by atoms with Gasteiger partial charge in [0.25, 0.3) is 5.89 Å². The summed E-state index contributed by atoms with van der Waals surface area (Å²) in [5, 5.41) is 5.44. The molecule has 1 fully saturated rings. The molecule has 1 aliphatic heterocycles. The van der Waals surface area contributed by atoms with Gasteiger partial charge in [-0.3, -0.25) is 0 Å². The van der Waals surface area contributed by atoms with Crippen molar-refractivity contribution in [2.24, 2.45) is 0 Å². The molecule has 0 aliphatic carbocycles. The molecule has 4 heterocycles. The Morgan fingerprint density at radius 2 is 1.91 bits per heavy atom. The third-order valence-electron chi connectivity index (χ3n) is 5.62. The number of aromatic nitrogens is 4. The molecule has 0 N–H and O–H groups in total. The zero-order valence-corrected chi connectivity index (χ0v) is 20.2. The van der Waals surface area contributed by atoms with E-state index in [1.54, 1.807) is 18.3 Å². The Bertz CT molecular complexity index is 1380. The largest absolute Gasteiger partial charge is 0.487 e. The van der Waals surface area contributed by atoms with Gasteiger partial charge < -0.3 is 18.6 Å². The van der Waals surface area contributed by atoms with E-state index in [0.29, 0.717) is 43.5 Å². The van der Waals surface area contributed by atoms with Crippen LogP contribution in [0.15, 0.2) is 47.4 Å². The van der Waals surface area contributed by atoms with Crippen molar-refractivity contribution in [2.45, 2.75) is 25.9 Å². The summed E-state index contributed by atoms with van der Waals surface area (Å²) in [4.78, 5) is 11.1. The number of ether oxygens (including phenoxy) is 1. The van der Waals surface area contributed by atoms with E-state index in [9.17, 15) is 0 Å². The molecule has 0 spiro atoms. The Balaban J connectivity index is 1.41. The Morgan fingerprint density at radius 1 is 1.09 bits per heavy atom. The van der Waals surface area contributed by atoms with Crippen molar-refractivity contribution in [1.82, 2.24) is 24.4 Å². The highest BCUT2D eigenvalue weighted by molar-refractivity contribution is 6.36. The van der Waals surface area contributed by atoms with E-state index < -0.39 is 0 Å². The van der Waals surface area contributed by atoms with Crippen LogP contribution in [0.1, 0.15) is 18.4 Å². The van der Waals surface area contributed by atoms with Gasteiger partial charge in [-0.05, 0) is 37.5 Å². The average molecular weight is 505 g/mol. The third kappa shape index (κ3) is 4.28. The average Bonchev–Trinajstić information content (AvgIpc) is 3.40. The van der Waals surface area contributed by atoms with Crippen molar-refractivity contribution >= 4 is 40.4 Å². The standard InChI is InChI=1S/C23H20Cl3N5O2/c1-12-6-18(26)22-27-19(11-31(22)9-12)23-28-21(29-33-23)15-7-17(25)20(8-16(15)24)32-14-5-4-13(2)30(3)10-14/h6-9,11,14H,2,4-5,10H2,1,3H3. The van der Waals surface area contributed by atoms with Gasteiger partial charge in [-0.2, -0.15) is 4.98 Å². The zero-order valence-electron chi connectivity index (χ0n) is 18.0. The predicted octanol–water partition coefficient (Wildman–Crippen LogP) is 6.31. The molecule has 1 atom stereocenters. The van der Waals surface area contributed by atoms with Crippen molar-refractivity contribution in [1.29, 1.82) is 0 Å². The van der Waals surface area contributed by atoms with Gasteiger partial charge in [0, 0.05) is 36.8 Å². The summed E-state index contributed by atoms with van der Waals surface area (Å²) in [7, 11) is 2.00. The van der Waals surface area contributed by atoms with Crippen LogP contribution >= 0.6 is 34.8 Å². The monoisotopic (exact) mass is 503 g/mol. The second-order valence-corrected chi connectivity index (χ2v) is 9.35. The number of benzene rings is 1. The number of aryl methyl sites for hydroxylation is 1. The number of nitrogens with zero attached hydrogens (tertiary/aromatic N) is 5. The fourth-order valence-electron chi connectivity index (χ4n) is 3.84. The molecule has 0 bridgehead atoms. The van der Waals surface area contributed by atoms with Gasteiger partial charge in [-0.15, -0.1) is 0 Å². The van der Waals surface area contributed by atoms with Crippen LogP contribution in [0.3, 0.4) is 0 Å². The number of likely N-dealkylation sites (tertiary alicyclic amines) is 1. The van der Waals surface area contributed by atoms with E-state index in [1.165, 1.54) is 0 Å². The number of allylic oxidation sites excluding steroid dienone is 1. The fourth-order valence-corrected chi connectivity index (χ4v) is 4.60. The van der Waals surface area contributed by atoms with E-state index in [-0.39, 0.29) is 12.0 Å². The summed E-state index contributed by atoms with van der Waals surface area (Å²) in [5.74, 6) is 1.07. The predicted molar refractivity (Wildman–Crippen MR) is 129 cm³/mol. The molecule has 1 aliphatic rings. The summed E-state index contributed by atoms with van der Waals surface area (Å²) in [6, 6.07) is 5.22. The number of rotatable bonds is 4. The lowest BCUT2D eigenvalue weighted by Gasteiger charge is -2.33. The van der Waals surface area contributed by atoms with Crippen LogP contribution in [0.4, 0.5) is 0 Å². The smallest absolute Gasteiger partial charge is 0.278 e. The summed E-state index contributed by atoms with van der Waals surface area (Å²) < 4.78 is 13.4. The highest BCUT2D eigenvalue weighted by Crippen LogP contribution is 2.37. The third-order valence-corrected chi connectivity index (χ3v) is 6.50. The number of hydrogen-bond acceptors (Lipinski definition) is 6. The van der Waals surface area contributed by atoms with Gasteiger partial charge in [0.1, 0.15) is 17.5 Å². The topological polar surface area (TPSA) is 68.7 Å². The van der Waals surface area contributed by atoms with Crippen LogP contribution in [0.2, 0.25) is 15.1 Å². The molecule has 0 radical (unpaired) electrons. The van der Waals surface area contributed by atoms with E-state index in [4.69, 9.17) is 44.1 Å². The zero-order chi connectivity index (χ0) is 23.3. The molecule has 33 heavy (non-hydrogen) atoms. The number of imidazole rings is 1. The van der Waals surface area contributed by atoms with Crippen LogP contribution in [-0.4, -0.2) is 44.1 Å². The number of likely N-dealkylation sites (N-methyl/N-ethyl adjacent to an activating group) is 1. The highest BCUT2D eigenvalue weighted by Gasteiger charge is 2.23. The Morgan fingerprint density at radius 3 is 2.70 bits per heavy atom. The molecule has 170 valence electrons. The van der Waals surface area contributed by atoms with Crippen LogP contribution in [0, 0.1) is 6.92 Å². The second kappa shape index (κ2) is 8.56. The van der Waals surface area contributed by atoms with Gasteiger partial charge >= 0.3 is 0 Å². The van der Waals surface area contributed by atoms with Gasteiger partial charge in [0.15, 0.2) is 5.65 Å². The Labute approximate surface area is 205 Å². The summed E-state index contributed by atoms with van der Waals surface area (Å²) >= 11 is 19.4. The molecule has 1 saturated heterocycles. The van der Waals surface area contributed by atoms with E-state index in [1.807, 2.05) is 30.6 Å². The van der Waals surface area contributed by atoms with Gasteiger partial charge in [0.05, 0.1) is 21.6 Å². The van der Waals surface area contributed by atoms with Crippen LogP contribution in [0.25, 0.3) is 28.6 Å². The SMILES string of the molecule is C=C1CCC(Oc2cc(Cl)c(-c3noc(-c4cn5cc(C)cc(Cl)c5n4)n3)cc2Cl)CN1C. The fraction of sp³-hybridized carbons (Fsp3) is 0.261. The maximum atomic E-state index is 6.54. The molecule has 0 amide bonds. The number of pyridine rings is 1. The maximum absolute atomic E-state index is 6.54. The lowest BCUT2D eigenvalue weighted by atomic mass is 10.1. The van der Waals surface area contributed by atoms with Crippen molar-refractivity contribution in [3.8, 4) is 28.7 Å². The van der Waals surface area contributed by atoms with Crippen molar-refractivity contribution in [3.05, 3.63) is 63.5 Å². The summed E-state index contributed by atoms with van der Waals surface area (Å²) in [5.41, 5.74) is 3.76. The van der Waals surface area contributed by atoms with E-state index in [2.05, 4.69) is 26.6 Å². The van der Waals surface area contributed by atoms with E-state index in [0.717, 1.165) is 30.6 Å². The minimum Gasteiger partial charge on any atom is -0.487 e. The molecule has 0 saturated carbocycles. The molecule has 3 aromatic heterocycles. The summed E-state index contributed by atoms with van der Waals surface area (Å²) in [6.45, 7) is 6.74. The van der Waals surface area contributed by atoms with E-state index >= 15 is 0 Å². The molecule has 4 aromatic rings. The molecular formula is C23H20Cl3N5O2. The molecule has 10 heteroatoms. The first kappa shape index (κ1) is 22.1. The number of halogens is 3. The maximum Gasteiger partial charge on any atom is 0.278 e. The minimum absolute atomic E-state index is 0.00204. The lowest BCUT2D eigenvalue weighted by Crippen LogP contribution is -2.37. The molecular weight excluding hydrogens is 485 g/mol. The van der Waals surface area contributed by atoms with Crippen LogP contribution < -0.4 is 4.74 Å². The molecule has 5 rings (SSSR count). The van der Waals surface area contributed by atoms with Gasteiger partial charge in [-0.25, -0.2) is 4.98 Å². The molecule has 7 nitrogen and oxygen atoms in total. The van der Waals surface area contributed by atoms with Gasteiger partial charge in [0.2, 0.25) is 5.82 Å². The molecule has 1 unspecified atom stereocenters. The van der Waals surface area contributed by atoms with Crippen LogP contribution in [0.5, 0.6) is 5.75 Å². The first-order valence-corrected chi connectivity index (χ1v) is 11.5. The quantitative estimate of drug-likeness (QED) is 0.324. The minimum atomic E-state index is 0.00204. The first-order valence-electron chi connectivity index (χ1n) is 10.3. The summed E-state index contributed by atoms with van der Waals surface area (Å²) in [6.07, 6.45) is 5.46.